The van der Waals surface area contributed by atoms with Crippen LogP contribution in [0.5, 0.6) is 0 Å². The molecule has 0 unspecified atom stereocenters. The molecule has 1 saturated carbocycles. The summed E-state index contributed by atoms with van der Waals surface area (Å²) in [7, 11) is 2.19. The molecule has 0 aromatic heterocycles. The van der Waals surface area contributed by atoms with Gasteiger partial charge >= 0.3 is 0 Å². The third-order valence-corrected chi connectivity index (χ3v) is 4.55. The first-order valence-corrected chi connectivity index (χ1v) is 7.21. The molecule has 3 heteroatoms. The van der Waals surface area contributed by atoms with Gasteiger partial charge in [-0.25, -0.2) is 0 Å². The number of anilines is 1. The minimum absolute atomic E-state index is 0.756. The first kappa shape index (κ1) is 11.5. The van der Waals surface area contributed by atoms with E-state index >= 15 is 0 Å². The lowest BCUT2D eigenvalue weighted by Crippen LogP contribution is -2.37. The SMILES string of the molecule is CN(c1ccc(CBr)c(Br)c1)C1CCC1. The van der Waals surface area contributed by atoms with E-state index in [4.69, 9.17) is 0 Å². The van der Waals surface area contributed by atoms with Crippen LogP contribution in [0.25, 0.3) is 0 Å². The predicted octanol–water partition coefficient (Wildman–Crippen LogP) is 4.33. The Morgan fingerprint density at radius 3 is 2.60 bits per heavy atom. The normalized spacial score (nSPS) is 16.2. The molecule has 1 aliphatic rings. The highest BCUT2D eigenvalue weighted by Crippen LogP contribution is 2.31. The molecule has 0 N–H and O–H groups in total. The zero-order valence-electron chi connectivity index (χ0n) is 8.84. The van der Waals surface area contributed by atoms with Gasteiger partial charge in [0, 0.05) is 28.6 Å². The van der Waals surface area contributed by atoms with Crippen LogP contribution < -0.4 is 4.90 Å². The molecule has 1 aromatic carbocycles. The van der Waals surface area contributed by atoms with Crippen molar-refractivity contribution in [3.05, 3.63) is 28.2 Å². The van der Waals surface area contributed by atoms with Gasteiger partial charge in [0.05, 0.1) is 0 Å². The number of nitrogens with zero attached hydrogens (tertiary/aromatic N) is 1. The van der Waals surface area contributed by atoms with Crippen LogP contribution in [-0.4, -0.2) is 13.1 Å². The molecule has 0 bridgehead atoms. The van der Waals surface area contributed by atoms with Crippen LogP contribution in [0.1, 0.15) is 24.8 Å². The summed E-state index contributed by atoms with van der Waals surface area (Å²) < 4.78 is 1.20. The molecule has 0 radical (unpaired) electrons. The molecule has 0 heterocycles. The summed E-state index contributed by atoms with van der Waals surface area (Å²) in [5.74, 6) is 0. The molecule has 1 nitrogen and oxygen atoms in total. The zero-order valence-corrected chi connectivity index (χ0v) is 12.0. The zero-order chi connectivity index (χ0) is 10.8. The average molecular weight is 333 g/mol. The number of alkyl halides is 1. The summed E-state index contributed by atoms with van der Waals surface area (Å²) >= 11 is 7.09. The summed E-state index contributed by atoms with van der Waals surface area (Å²) in [5.41, 5.74) is 2.62. The second-order valence-electron chi connectivity index (χ2n) is 4.10. The Balaban J connectivity index is 2.17. The van der Waals surface area contributed by atoms with Gasteiger partial charge in [-0.3, -0.25) is 0 Å². The molecule has 0 aliphatic heterocycles. The summed E-state index contributed by atoms with van der Waals surface area (Å²) in [6.07, 6.45) is 4.07. The van der Waals surface area contributed by atoms with Crippen molar-refractivity contribution in [3.8, 4) is 0 Å². The fourth-order valence-electron chi connectivity index (χ4n) is 1.85. The van der Waals surface area contributed by atoms with Crippen molar-refractivity contribution >= 4 is 37.5 Å². The van der Waals surface area contributed by atoms with Gasteiger partial charge in [-0.15, -0.1) is 0 Å². The Morgan fingerprint density at radius 1 is 1.40 bits per heavy atom. The van der Waals surface area contributed by atoms with E-state index in [1.54, 1.807) is 0 Å². The molecular weight excluding hydrogens is 318 g/mol. The maximum absolute atomic E-state index is 3.61. The maximum atomic E-state index is 3.61. The van der Waals surface area contributed by atoms with Crippen molar-refractivity contribution in [2.45, 2.75) is 30.6 Å². The van der Waals surface area contributed by atoms with E-state index in [1.807, 2.05) is 0 Å². The van der Waals surface area contributed by atoms with E-state index in [1.165, 1.54) is 35.0 Å². The van der Waals surface area contributed by atoms with E-state index in [9.17, 15) is 0 Å². The highest BCUT2D eigenvalue weighted by molar-refractivity contribution is 9.10. The molecule has 82 valence electrons. The van der Waals surface area contributed by atoms with E-state index < -0.39 is 0 Å². The smallest absolute Gasteiger partial charge is 0.0377 e. The molecule has 0 saturated heterocycles. The Labute approximate surface area is 108 Å². The molecule has 1 aromatic rings. The number of rotatable bonds is 3. The molecule has 2 rings (SSSR count). The Kier molecular flexibility index (Phi) is 3.73. The first-order chi connectivity index (χ1) is 7.22. The van der Waals surface area contributed by atoms with Crippen LogP contribution in [-0.2, 0) is 5.33 Å². The van der Waals surface area contributed by atoms with Crippen molar-refractivity contribution in [2.24, 2.45) is 0 Å². The maximum Gasteiger partial charge on any atom is 0.0377 e. The van der Waals surface area contributed by atoms with E-state index in [2.05, 4.69) is 62.0 Å². The molecule has 15 heavy (non-hydrogen) atoms. The molecule has 0 atom stereocenters. The van der Waals surface area contributed by atoms with Crippen LogP contribution in [0, 0.1) is 0 Å². The highest BCUT2D eigenvalue weighted by atomic mass is 79.9. The summed E-state index contributed by atoms with van der Waals surface area (Å²) in [5, 5.41) is 0.904. The average Bonchev–Trinajstić information content (AvgIpc) is 2.15. The van der Waals surface area contributed by atoms with Crippen LogP contribution in [0.4, 0.5) is 5.69 Å². The van der Waals surface area contributed by atoms with Crippen molar-refractivity contribution in [3.63, 3.8) is 0 Å². The number of hydrogen-bond acceptors (Lipinski definition) is 1. The lowest BCUT2D eigenvalue weighted by atomic mass is 9.91. The van der Waals surface area contributed by atoms with Gasteiger partial charge in [-0.05, 0) is 37.0 Å². The quantitative estimate of drug-likeness (QED) is 0.744. The predicted molar refractivity (Wildman–Crippen MR) is 72.8 cm³/mol. The van der Waals surface area contributed by atoms with E-state index in [-0.39, 0.29) is 0 Å². The largest absolute Gasteiger partial charge is 0.372 e. The van der Waals surface area contributed by atoms with E-state index in [0.29, 0.717) is 0 Å². The fraction of sp³-hybridized carbons (Fsp3) is 0.500. The molecule has 1 aliphatic carbocycles. The molecule has 0 spiro atoms. The van der Waals surface area contributed by atoms with Crippen LogP contribution in [0.15, 0.2) is 22.7 Å². The van der Waals surface area contributed by atoms with Gasteiger partial charge in [-0.1, -0.05) is 37.9 Å². The van der Waals surface area contributed by atoms with Gasteiger partial charge < -0.3 is 4.90 Å². The van der Waals surface area contributed by atoms with E-state index in [0.717, 1.165) is 11.4 Å². The van der Waals surface area contributed by atoms with Gasteiger partial charge in [-0.2, -0.15) is 0 Å². The number of halogens is 2. The van der Waals surface area contributed by atoms with Gasteiger partial charge in [0.15, 0.2) is 0 Å². The fourth-order valence-corrected chi connectivity index (χ4v) is 3.22. The Morgan fingerprint density at radius 2 is 2.13 bits per heavy atom. The van der Waals surface area contributed by atoms with Crippen LogP contribution in [0.3, 0.4) is 0 Å². The summed E-state index contributed by atoms with van der Waals surface area (Å²) in [4.78, 5) is 2.40. The monoisotopic (exact) mass is 331 g/mol. The van der Waals surface area contributed by atoms with Crippen molar-refractivity contribution in [2.75, 3.05) is 11.9 Å². The van der Waals surface area contributed by atoms with Crippen LogP contribution in [0.2, 0.25) is 0 Å². The third-order valence-electron chi connectivity index (χ3n) is 3.21. The van der Waals surface area contributed by atoms with Crippen molar-refractivity contribution in [1.82, 2.24) is 0 Å². The molecule has 1 fully saturated rings. The standard InChI is InChI=1S/C12H15Br2N/c1-15(10-3-2-4-10)11-6-5-9(8-13)12(14)7-11/h5-7,10H,2-4,8H2,1H3. The summed E-state index contributed by atoms with van der Waals surface area (Å²) in [6.45, 7) is 0. The lowest BCUT2D eigenvalue weighted by molar-refractivity contribution is 0.401. The minimum Gasteiger partial charge on any atom is -0.372 e. The first-order valence-electron chi connectivity index (χ1n) is 5.29. The molecular formula is C12H15Br2N. The minimum atomic E-state index is 0.756. The van der Waals surface area contributed by atoms with Crippen LogP contribution >= 0.6 is 31.9 Å². The second kappa shape index (κ2) is 4.88. The Bertz CT molecular complexity index is 347. The number of hydrogen-bond donors (Lipinski definition) is 0. The lowest BCUT2D eigenvalue weighted by Gasteiger charge is -2.36. The Hall–Kier alpha value is -0.0200. The summed E-state index contributed by atoms with van der Waals surface area (Å²) in [6, 6.07) is 7.37. The number of benzene rings is 1. The van der Waals surface area contributed by atoms with Gasteiger partial charge in [0.25, 0.3) is 0 Å². The second-order valence-corrected chi connectivity index (χ2v) is 5.52. The highest BCUT2D eigenvalue weighted by Gasteiger charge is 2.22. The van der Waals surface area contributed by atoms with Crippen molar-refractivity contribution < 1.29 is 0 Å². The van der Waals surface area contributed by atoms with Crippen molar-refractivity contribution in [1.29, 1.82) is 0 Å². The van der Waals surface area contributed by atoms with Gasteiger partial charge in [0.1, 0.15) is 0 Å². The van der Waals surface area contributed by atoms with Gasteiger partial charge in [0.2, 0.25) is 0 Å². The third kappa shape index (κ3) is 2.39. The molecule has 0 amide bonds. The topological polar surface area (TPSA) is 3.24 Å².